The summed E-state index contributed by atoms with van der Waals surface area (Å²) in [6.45, 7) is 4.25. The minimum Gasteiger partial charge on any atom is -0.239 e. The van der Waals surface area contributed by atoms with Crippen LogP contribution in [-0.4, -0.2) is 20.6 Å². The second-order valence-electron chi connectivity index (χ2n) is 3.64. The van der Waals surface area contributed by atoms with Crippen LogP contribution in [0.2, 0.25) is 5.02 Å². The predicted octanol–water partition coefficient (Wildman–Crippen LogP) is 2.64. The molecule has 5 heteroatoms. The molecule has 1 aromatic carbocycles. The first-order valence-corrected chi connectivity index (χ1v) is 5.10. The highest BCUT2D eigenvalue weighted by atomic mass is 35.5. The van der Waals surface area contributed by atoms with Crippen molar-refractivity contribution in [2.24, 2.45) is 0 Å². The van der Waals surface area contributed by atoms with E-state index in [4.69, 9.17) is 11.6 Å². The summed E-state index contributed by atoms with van der Waals surface area (Å²) in [5.74, 6) is 1.06. The topological polar surface area (TPSA) is 54.5 Å². The summed E-state index contributed by atoms with van der Waals surface area (Å²) in [6, 6.07) is 5.92. The fraction of sp³-hybridized carbons (Fsp3) is 0.300. The molecule has 0 saturated carbocycles. The highest BCUT2D eigenvalue weighted by Crippen LogP contribution is 2.28. The molecule has 0 aliphatic heterocycles. The van der Waals surface area contributed by atoms with Gasteiger partial charge in [0.1, 0.15) is 0 Å². The Kier molecular flexibility index (Phi) is 2.68. The number of halogens is 1. The molecule has 1 heterocycles. The standard InChI is InChI=1S/C10H11ClN4/c1-6(2)7-3-4-8(9(11)5-7)10-12-14-15-13-10/h3-6H,1-2H3,(H,12,13,14,15). The number of rotatable bonds is 2. The molecule has 0 fully saturated rings. The van der Waals surface area contributed by atoms with E-state index in [0.29, 0.717) is 16.8 Å². The van der Waals surface area contributed by atoms with Crippen LogP contribution in [0.25, 0.3) is 11.4 Å². The Balaban J connectivity index is 2.44. The summed E-state index contributed by atoms with van der Waals surface area (Å²) in [7, 11) is 0. The molecule has 2 aromatic rings. The van der Waals surface area contributed by atoms with Gasteiger partial charge in [-0.05, 0) is 34.0 Å². The van der Waals surface area contributed by atoms with Crippen LogP contribution >= 0.6 is 11.6 Å². The third-order valence-electron chi connectivity index (χ3n) is 2.26. The van der Waals surface area contributed by atoms with Crippen LogP contribution in [0, 0.1) is 0 Å². The van der Waals surface area contributed by atoms with E-state index in [9.17, 15) is 0 Å². The minimum absolute atomic E-state index is 0.462. The minimum atomic E-state index is 0.462. The molecular weight excluding hydrogens is 212 g/mol. The quantitative estimate of drug-likeness (QED) is 0.850. The van der Waals surface area contributed by atoms with Crippen LogP contribution in [0.3, 0.4) is 0 Å². The van der Waals surface area contributed by atoms with E-state index in [0.717, 1.165) is 5.56 Å². The maximum absolute atomic E-state index is 6.15. The van der Waals surface area contributed by atoms with Crippen molar-refractivity contribution in [3.8, 4) is 11.4 Å². The van der Waals surface area contributed by atoms with Gasteiger partial charge in [-0.1, -0.05) is 31.5 Å². The third kappa shape index (κ3) is 1.99. The summed E-state index contributed by atoms with van der Waals surface area (Å²) < 4.78 is 0. The molecule has 0 atom stereocenters. The zero-order valence-corrected chi connectivity index (χ0v) is 9.28. The van der Waals surface area contributed by atoms with E-state index in [1.54, 1.807) is 0 Å². The molecule has 78 valence electrons. The zero-order valence-electron chi connectivity index (χ0n) is 8.53. The summed E-state index contributed by atoms with van der Waals surface area (Å²) in [5, 5.41) is 14.2. The first-order chi connectivity index (χ1) is 7.18. The average Bonchev–Trinajstić information content (AvgIpc) is 2.70. The van der Waals surface area contributed by atoms with Crippen molar-refractivity contribution in [1.82, 2.24) is 20.6 Å². The Labute approximate surface area is 92.7 Å². The van der Waals surface area contributed by atoms with Crippen LogP contribution in [0.5, 0.6) is 0 Å². The molecular formula is C10H11ClN4. The first-order valence-electron chi connectivity index (χ1n) is 4.72. The van der Waals surface area contributed by atoms with Gasteiger partial charge in [0, 0.05) is 5.56 Å². The van der Waals surface area contributed by atoms with Crippen LogP contribution in [0.15, 0.2) is 18.2 Å². The van der Waals surface area contributed by atoms with Gasteiger partial charge in [0.15, 0.2) is 5.82 Å². The second kappa shape index (κ2) is 3.98. The Morgan fingerprint density at radius 3 is 2.67 bits per heavy atom. The maximum atomic E-state index is 6.15. The molecule has 1 N–H and O–H groups in total. The van der Waals surface area contributed by atoms with Crippen LogP contribution in [0.1, 0.15) is 25.3 Å². The third-order valence-corrected chi connectivity index (χ3v) is 2.57. The lowest BCUT2D eigenvalue weighted by Gasteiger charge is -2.07. The lowest BCUT2D eigenvalue weighted by atomic mass is 10.0. The fourth-order valence-corrected chi connectivity index (χ4v) is 1.63. The average molecular weight is 223 g/mol. The van der Waals surface area contributed by atoms with E-state index in [2.05, 4.69) is 34.5 Å². The molecule has 0 radical (unpaired) electrons. The second-order valence-corrected chi connectivity index (χ2v) is 4.05. The lowest BCUT2D eigenvalue weighted by Crippen LogP contribution is -1.89. The lowest BCUT2D eigenvalue weighted by molar-refractivity contribution is 0.867. The zero-order chi connectivity index (χ0) is 10.8. The SMILES string of the molecule is CC(C)c1ccc(-c2nnn[nH]2)c(Cl)c1. The normalized spacial score (nSPS) is 10.9. The largest absolute Gasteiger partial charge is 0.239 e. The van der Waals surface area contributed by atoms with Crippen molar-refractivity contribution < 1.29 is 0 Å². The molecule has 2 rings (SSSR count). The number of H-pyrrole nitrogens is 1. The molecule has 0 spiro atoms. The molecule has 0 amide bonds. The van der Waals surface area contributed by atoms with E-state index in [1.165, 1.54) is 5.56 Å². The molecule has 1 aromatic heterocycles. The Morgan fingerprint density at radius 1 is 1.33 bits per heavy atom. The van der Waals surface area contributed by atoms with Crippen molar-refractivity contribution in [3.05, 3.63) is 28.8 Å². The monoisotopic (exact) mass is 222 g/mol. The van der Waals surface area contributed by atoms with Gasteiger partial charge in [-0.25, -0.2) is 5.10 Å². The number of aromatic nitrogens is 4. The van der Waals surface area contributed by atoms with Gasteiger partial charge < -0.3 is 0 Å². The van der Waals surface area contributed by atoms with Crippen molar-refractivity contribution in [2.75, 3.05) is 0 Å². The number of tetrazole rings is 1. The van der Waals surface area contributed by atoms with Crippen molar-refractivity contribution in [2.45, 2.75) is 19.8 Å². The van der Waals surface area contributed by atoms with Crippen molar-refractivity contribution in [1.29, 1.82) is 0 Å². The predicted molar refractivity (Wildman–Crippen MR) is 58.7 cm³/mol. The molecule has 0 aliphatic carbocycles. The number of nitrogens with zero attached hydrogens (tertiary/aromatic N) is 3. The number of benzene rings is 1. The number of hydrogen-bond donors (Lipinski definition) is 1. The van der Waals surface area contributed by atoms with Gasteiger partial charge in [0.05, 0.1) is 5.02 Å². The van der Waals surface area contributed by atoms with E-state index in [1.807, 2.05) is 18.2 Å². The van der Waals surface area contributed by atoms with Crippen LogP contribution in [0.4, 0.5) is 0 Å². The summed E-state index contributed by atoms with van der Waals surface area (Å²) in [5.41, 5.74) is 2.03. The van der Waals surface area contributed by atoms with Gasteiger partial charge in [0.25, 0.3) is 0 Å². The summed E-state index contributed by atoms with van der Waals surface area (Å²) >= 11 is 6.15. The fourth-order valence-electron chi connectivity index (χ4n) is 1.36. The van der Waals surface area contributed by atoms with Gasteiger partial charge in [-0.15, -0.1) is 5.10 Å². The molecule has 0 unspecified atom stereocenters. The molecule has 0 bridgehead atoms. The van der Waals surface area contributed by atoms with Crippen LogP contribution in [-0.2, 0) is 0 Å². The van der Waals surface area contributed by atoms with Gasteiger partial charge in [0.2, 0.25) is 0 Å². The van der Waals surface area contributed by atoms with E-state index in [-0.39, 0.29) is 0 Å². The van der Waals surface area contributed by atoms with Crippen molar-refractivity contribution in [3.63, 3.8) is 0 Å². The number of nitrogens with one attached hydrogen (secondary N) is 1. The van der Waals surface area contributed by atoms with Gasteiger partial charge in [-0.3, -0.25) is 0 Å². The Bertz CT molecular complexity index is 450. The number of hydrogen-bond acceptors (Lipinski definition) is 3. The Hall–Kier alpha value is -1.42. The molecule has 4 nitrogen and oxygen atoms in total. The highest BCUT2D eigenvalue weighted by Gasteiger charge is 2.08. The van der Waals surface area contributed by atoms with Gasteiger partial charge >= 0.3 is 0 Å². The number of aromatic amines is 1. The maximum Gasteiger partial charge on any atom is 0.180 e. The molecule has 0 aliphatic rings. The Morgan fingerprint density at radius 2 is 2.13 bits per heavy atom. The van der Waals surface area contributed by atoms with Crippen molar-refractivity contribution >= 4 is 11.6 Å². The summed E-state index contributed by atoms with van der Waals surface area (Å²) in [4.78, 5) is 0. The highest BCUT2D eigenvalue weighted by molar-refractivity contribution is 6.33. The van der Waals surface area contributed by atoms with Crippen LogP contribution < -0.4 is 0 Å². The molecule has 0 saturated heterocycles. The van der Waals surface area contributed by atoms with Gasteiger partial charge in [-0.2, -0.15) is 0 Å². The van der Waals surface area contributed by atoms with E-state index >= 15 is 0 Å². The molecule has 15 heavy (non-hydrogen) atoms. The first kappa shape index (κ1) is 10.1. The summed E-state index contributed by atoms with van der Waals surface area (Å²) in [6.07, 6.45) is 0. The van der Waals surface area contributed by atoms with E-state index < -0.39 is 0 Å². The smallest absolute Gasteiger partial charge is 0.180 e.